The van der Waals surface area contributed by atoms with Gasteiger partial charge in [-0.05, 0) is 75.6 Å². The molecule has 0 saturated carbocycles. The average Bonchev–Trinajstić information content (AvgIpc) is 2.88. The lowest BCUT2D eigenvalue weighted by atomic mass is 10.1. The second-order valence-electron chi connectivity index (χ2n) is 9.23. The lowest BCUT2D eigenvalue weighted by Crippen LogP contribution is -2.51. The van der Waals surface area contributed by atoms with Crippen LogP contribution in [-0.2, 0) is 26.2 Å². The number of halogens is 1. The number of aryl methyl sites for hydroxylation is 2. The zero-order chi connectivity index (χ0) is 28.0. The molecule has 7 nitrogen and oxygen atoms in total. The Hall–Kier alpha value is -3.36. The average molecular weight is 556 g/mol. The molecular formula is C29H34ClN3O4S. The highest BCUT2D eigenvalue weighted by atomic mass is 35.5. The highest BCUT2D eigenvalue weighted by Gasteiger charge is 2.33. The maximum Gasteiger partial charge on any atom is 0.264 e. The van der Waals surface area contributed by atoms with Gasteiger partial charge in [-0.15, -0.1) is 0 Å². The van der Waals surface area contributed by atoms with Crippen molar-refractivity contribution < 1.29 is 18.0 Å². The summed E-state index contributed by atoms with van der Waals surface area (Å²) in [6.45, 7) is 8.95. The first-order chi connectivity index (χ1) is 18.0. The van der Waals surface area contributed by atoms with Crippen LogP contribution in [-0.4, -0.2) is 44.3 Å². The normalized spacial score (nSPS) is 12.1. The second kappa shape index (κ2) is 12.5. The van der Waals surface area contributed by atoms with Crippen molar-refractivity contribution in [3.63, 3.8) is 0 Å². The smallest absolute Gasteiger partial charge is 0.264 e. The lowest BCUT2D eigenvalue weighted by molar-refractivity contribution is -0.139. The summed E-state index contributed by atoms with van der Waals surface area (Å²) in [5.74, 6) is -0.868. The zero-order valence-electron chi connectivity index (χ0n) is 22.4. The van der Waals surface area contributed by atoms with Crippen LogP contribution in [0.15, 0.2) is 71.6 Å². The fraction of sp³-hybridized carbons (Fsp3) is 0.310. The third-order valence-electron chi connectivity index (χ3n) is 6.55. The van der Waals surface area contributed by atoms with Crippen molar-refractivity contribution in [3.8, 4) is 0 Å². The third kappa shape index (κ3) is 6.55. The molecule has 3 aromatic rings. The molecule has 0 radical (unpaired) electrons. The molecule has 0 aliphatic carbocycles. The number of rotatable bonds is 10. The van der Waals surface area contributed by atoms with Crippen molar-refractivity contribution in [1.82, 2.24) is 10.2 Å². The van der Waals surface area contributed by atoms with E-state index in [1.807, 2.05) is 26.8 Å². The maximum atomic E-state index is 13.9. The summed E-state index contributed by atoms with van der Waals surface area (Å²) in [7, 11) is -4.12. The molecule has 1 atom stereocenters. The van der Waals surface area contributed by atoms with Gasteiger partial charge >= 0.3 is 0 Å². The summed E-state index contributed by atoms with van der Waals surface area (Å²) in [5, 5.41) is 3.20. The topological polar surface area (TPSA) is 86.8 Å². The monoisotopic (exact) mass is 555 g/mol. The van der Waals surface area contributed by atoms with Crippen molar-refractivity contribution in [2.75, 3.05) is 17.4 Å². The second-order valence-corrected chi connectivity index (χ2v) is 11.5. The molecule has 0 saturated heterocycles. The number of hydrogen-bond acceptors (Lipinski definition) is 4. The summed E-state index contributed by atoms with van der Waals surface area (Å²) in [6, 6.07) is 18.0. The summed E-state index contributed by atoms with van der Waals surface area (Å²) >= 11 is 6.38. The molecule has 0 spiro atoms. The third-order valence-corrected chi connectivity index (χ3v) is 8.69. The predicted octanol–water partition coefficient (Wildman–Crippen LogP) is 5.01. The van der Waals surface area contributed by atoms with Gasteiger partial charge in [0.15, 0.2) is 0 Å². The number of nitrogens with zero attached hydrogens (tertiary/aromatic N) is 2. The number of hydrogen-bond donors (Lipinski definition) is 1. The first-order valence-electron chi connectivity index (χ1n) is 12.4. The van der Waals surface area contributed by atoms with Crippen LogP contribution in [0.4, 0.5) is 5.69 Å². The van der Waals surface area contributed by atoms with E-state index < -0.39 is 28.5 Å². The maximum absolute atomic E-state index is 13.9. The zero-order valence-corrected chi connectivity index (χ0v) is 23.9. The number of anilines is 1. The Labute approximate surface area is 230 Å². The van der Waals surface area contributed by atoms with Gasteiger partial charge in [0.1, 0.15) is 12.6 Å². The Morgan fingerprint density at radius 1 is 0.947 bits per heavy atom. The summed E-state index contributed by atoms with van der Waals surface area (Å²) in [6.07, 6.45) is 0. The Morgan fingerprint density at radius 3 is 2.24 bits per heavy atom. The molecule has 3 rings (SSSR count). The van der Waals surface area contributed by atoms with E-state index in [-0.39, 0.29) is 17.3 Å². The van der Waals surface area contributed by atoms with Crippen LogP contribution >= 0.6 is 11.6 Å². The van der Waals surface area contributed by atoms with E-state index >= 15 is 0 Å². The Balaban J connectivity index is 2.09. The summed E-state index contributed by atoms with van der Waals surface area (Å²) in [4.78, 5) is 28.2. The highest BCUT2D eigenvalue weighted by Crippen LogP contribution is 2.29. The van der Waals surface area contributed by atoms with Crippen molar-refractivity contribution in [1.29, 1.82) is 0 Å². The van der Waals surface area contributed by atoms with E-state index in [2.05, 4.69) is 5.32 Å². The van der Waals surface area contributed by atoms with Gasteiger partial charge in [0.05, 0.1) is 10.6 Å². The molecule has 9 heteroatoms. The number of amides is 2. The minimum absolute atomic E-state index is 0.0437. The van der Waals surface area contributed by atoms with Gasteiger partial charge in [0.25, 0.3) is 10.0 Å². The molecule has 0 fully saturated rings. The van der Waals surface area contributed by atoms with Crippen molar-refractivity contribution in [3.05, 3.63) is 94.0 Å². The van der Waals surface area contributed by atoms with Crippen LogP contribution in [0.25, 0.3) is 0 Å². The quantitative estimate of drug-likeness (QED) is 0.381. The van der Waals surface area contributed by atoms with Crippen LogP contribution in [0, 0.1) is 20.8 Å². The molecule has 0 bridgehead atoms. The SMILES string of the molecule is CCNC(=O)[C@@H](C)N(Cc1ccccc1Cl)C(=O)CN(c1cccc(C)c1C)S(=O)(=O)c1ccc(C)cc1. The molecular weight excluding hydrogens is 522 g/mol. The molecule has 202 valence electrons. The van der Waals surface area contributed by atoms with Gasteiger partial charge in [-0.1, -0.05) is 59.6 Å². The number of likely N-dealkylation sites (N-methyl/N-ethyl adjacent to an activating group) is 1. The molecule has 38 heavy (non-hydrogen) atoms. The van der Waals surface area contributed by atoms with Crippen molar-refractivity contribution in [2.24, 2.45) is 0 Å². The predicted molar refractivity (Wildman–Crippen MR) is 152 cm³/mol. The first kappa shape index (κ1) is 29.2. The van der Waals surface area contributed by atoms with Gasteiger partial charge < -0.3 is 10.2 Å². The van der Waals surface area contributed by atoms with Gasteiger partial charge in [0, 0.05) is 18.1 Å². The molecule has 3 aromatic carbocycles. The van der Waals surface area contributed by atoms with Crippen molar-refractivity contribution >= 4 is 39.1 Å². The van der Waals surface area contributed by atoms with Crippen LogP contribution in [0.1, 0.15) is 36.1 Å². The van der Waals surface area contributed by atoms with E-state index in [0.717, 1.165) is 21.0 Å². The van der Waals surface area contributed by atoms with Gasteiger partial charge in [0.2, 0.25) is 11.8 Å². The lowest BCUT2D eigenvalue weighted by Gasteiger charge is -2.32. The number of benzene rings is 3. The minimum atomic E-state index is -4.12. The van der Waals surface area contributed by atoms with E-state index in [1.165, 1.54) is 17.0 Å². The number of carbonyl (C=O) groups is 2. The molecule has 0 aliphatic rings. The fourth-order valence-corrected chi connectivity index (χ4v) is 5.74. The van der Waals surface area contributed by atoms with Crippen LogP contribution in [0.3, 0.4) is 0 Å². The van der Waals surface area contributed by atoms with Gasteiger partial charge in [-0.2, -0.15) is 0 Å². The minimum Gasteiger partial charge on any atom is -0.355 e. The molecule has 0 aromatic heterocycles. The Morgan fingerprint density at radius 2 is 1.61 bits per heavy atom. The first-order valence-corrected chi connectivity index (χ1v) is 14.2. The van der Waals surface area contributed by atoms with E-state index in [9.17, 15) is 18.0 Å². The number of nitrogens with one attached hydrogen (secondary N) is 1. The molecule has 0 heterocycles. The summed E-state index contributed by atoms with van der Waals surface area (Å²) in [5.41, 5.74) is 3.61. The van der Waals surface area contributed by atoms with Gasteiger partial charge in [-0.3, -0.25) is 13.9 Å². The number of sulfonamides is 1. The van der Waals surface area contributed by atoms with E-state index in [0.29, 0.717) is 22.8 Å². The van der Waals surface area contributed by atoms with E-state index in [4.69, 9.17) is 11.6 Å². The largest absolute Gasteiger partial charge is 0.355 e. The van der Waals surface area contributed by atoms with Crippen LogP contribution in [0.2, 0.25) is 5.02 Å². The molecule has 0 aliphatic heterocycles. The van der Waals surface area contributed by atoms with Crippen molar-refractivity contribution in [2.45, 2.75) is 52.1 Å². The standard InChI is InChI=1S/C29H34ClN3O4S/c1-6-31-29(35)23(5)32(18-24-11-7-8-12-26(24)30)28(34)19-33(27-13-9-10-21(3)22(27)4)38(36,37)25-16-14-20(2)15-17-25/h7-17,23H,6,18-19H2,1-5H3,(H,31,35)/t23-/m1/s1. The van der Waals surface area contributed by atoms with Gasteiger partial charge in [-0.25, -0.2) is 8.42 Å². The molecule has 2 amide bonds. The Bertz CT molecular complexity index is 1410. The Kier molecular flexibility index (Phi) is 9.57. The highest BCUT2D eigenvalue weighted by molar-refractivity contribution is 7.92. The summed E-state index contributed by atoms with van der Waals surface area (Å²) < 4.78 is 29.0. The molecule has 0 unspecified atom stereocenters. The van der Waals surface area contributed by atoms with Crippen LogP contribution < -0.4 is 9.62 Å². The molecule has 1 N–H and O–H groups in total. The number of carbonyl (C=O) groups excluding carboxylic acids is 2. The fourth-order valence-electron chi connectivity index (χ4n) is 4.07. The van der Waals surface area contributed by atoms with Crippen LogP contribution in [0.5, 0.6) is 0 Å². The van der Waals surface area contributed by atoms with E-state index in [1.54, 1.807) is 62.4 Å².